The number of rotatable bonds is 0. The van der Waals surface area contributed by atoms with E-state index >= 15 is 0 Å². The normalized spacial score (nSPS) is 39.9. The fourth-order valence-electron chi connectivity index (χ4n) is 5.36. The smallest absolute Gasteiger partial charge is 0.0638 e. The molecule has 1 spiro atoms. The molecule has 3 aliphatic carbocycles. The molecule has 0 aromatic heterocycles. The number of hydrogen-bond acceptors (Lipinski definition) is 2. The van der Waals surface area contributed by atoms with Crippen LogP contribution in [0.15, 0.2) is 16.3 Å². The van der Waals surface area contributed by atoms with E-state index in [4.69, 9.17) is 0 Å². The summed E-state index contributed by atoms with van der Waals surface area (Å²) >= 11 is 0. The summed E-state index contributed by atoms with van der Waals surface area (Å²) in [6.07, 6.45) is 9.86. The SMILES string of the molecule is C[C@@H]1C2=C(CCCC2(C)C)CC[C@@]12CCC/C2=N\O. The lowest BCUT2D eigenvalue weighted by Crippen LogP contribution is -2.42. The molecular formula is C17H27NO. The predicted octanol–water partition coefficient (Wildman–Crippen LogP) is 4.92. The van der Waals surface area contributed by atoms with Gasteiger partial charge in [0.1, 0.15) is 0 Å². The fourth-order valence-corrected chi connectivity index (χ4v) is 5.36. The van der Waals surface area contributed by atoms with Gasteiger partial charge in [0.25, 0.3) is 0 Å². The second-order valence-electron chi connectivity index (χ2n) is 7.53. The third kappa shape index (κ3) is 1.79. The van der Waals surface area contributed by atoms with Crippen molar-refractivity contribution in [3.63, 3.8) is 0 Å². The molecule has 1 saturated carbocycles. The van der Waals surface area contributed by atoms with Crippen LogP contribution in [0.5, 0.6) is 0 Å². The van der Waals surface area contributed by atoms with Gasteiger partial charge in [-0.25, -0.2) is 0 Å². The topological polar surface area (TPSA) is 32.6 Å². The molecule has 3 aliphatic rings. The third-order valence-electron chi connectivity index (χ3n) is 6.26. The van der Waals surface area contributed by atoms with E-state index in [-0.39, 0.29) is 5.41 Å². The van der Waals surface area contributed by atoms with Gasteiger partial charge < -0.3 is 5.21 Å². The van der Waals surface area contributed by atoms with Crippen molar-refractivity contribution in [3.8, 4) is 0 Å². The molecule has 0 unspecified atom stereocenters. The molecular weight excluding hydrogens is 234 g/mol. The minimum Gasteiger partial charge on any atom is -0.411 e. The first kappa shape index (κ1) is 13.2. The average molecular weight is 261 g/mol. The fraction of sp³-hybridized carbons (Fsp3) is 0.824. The second-order valence-corrected chi connectivity index (χ2v) is 7.53. The van der Waals surface area contributed by atoms with E-state index in [1.54, 1.807) is 11.1 Å². The van der Waals surface area contributed by atoms with Gasteiger partial charge in [0.15, 0.2) is 0 Å². The maximum absolute atomic E-state index is 9.40. The Balaban J connectivity index is 2.05. The molecule has 0 aliphatic heterocycles. The van der Waals surface area contributed by atoms with Crippen molar-refractivity contribution in [1.29, 1.82) is 0 Å². The molecule has 0 bridgehead atoms. The molecule has 0 amide bonds. The Morgan fingerprint density at radius 1 is 1.05 bits per heavy atom. The van der Waals surface area contributed by atoms with Crippen molar-refractivity contribution in [2.45, 2.75) is 72.1 Å². The highest BCUT2D eigenvalue weighted by Gasteiger charge is 2.51. The Hall–Kier alpha value is -0.790. The molecule has 1 fully saturated rings. The van der Waals surface area contributed by atoms with Crippen molar-refractivity contribution in [1.82, 2.24) is 0 Å². The first-order valence-corrected chi connectivity index (χ1v) is 7.95. The van der Waals surface area contributed by atoms with Crippen LogP contribution in [0.1, 0.15) is 72.1 Å². The van der Waals surface area contributed by atoms with E-state index in [0.717, 1.165) is 12.1 Å². The van der Waals surface area contributed by atoms with Gasteiger partial charge in [-0.3, -0.25) is 0 Å². The number of nitrogens with zero attached hydrogens (tertiary/aromatic N) is 1. The molecule has 3 rings (SSSR count). The molecule has 2 heteroatoms. The second kappa shape index (κ2) is 4.36. The quantitative estimate of drug-likeness (QED) is 0.374. The lowest BCUT2D eigenvalue weighted by atomic mass is 9.55. The van der Waals surface area contributed by atoms with Crippen LogP contribution in [0.2, 0.25) is 0 Å². The minimum atomic E-state index is 0.183. The van der Waals surface area contributed by atoms with Crippen molar-refractivity contribution in [2.24, 2.45) is 21.9 Å². The molecule has 1 N–H and O–H groups in total. The highest BCUT2D eigenvalue weighted by molar-refractivity contribution is 5.92. The van der Waals surface area contributed by atoms with Crippen LogP contribution in [0.25, 0.3) is 0 Å². The third-order valence-corrected chi connectivity index (χ3v) is 6.26. The number of oxime groups is 1. The Kier molecular flexibility index (Phi) is 3.03. The van der Waals surface area contributed by atoms with Gasteiger partial charge in [-0.05, 0) is 62.7 Å². The van der Waals surface area contributed by atoms with Gasteiger partial charge in [0, 0.05) is 5.41 Å². The Bertz CT molecular complexity index is 446. The monoisotopic (exact) mass is 261 g/mol. The molecule has 2 atom stereocenters. The van der Waals surface area contributed by atoms with Gasteiger partial charge >= 0.3 is 0 Å². The minimum absolute atomic E-state index is 0.183. The average Bonchev–Trinajstić information content (AvgIpc) is 2.77. The molecule has 0 saturated heterocycles. The lowest BCUT2D eigenvalue weighted by Gasteiger charge is -2.49. The summed E-state index contributed by atoms with van der Waals surface area (Å²) in [6.45, 7) is 7.24. The van der Waals surface area contributed by atoms with Crippen LogP contribution in [0.3, 0.4) is 0 Å². The Morgan fingerprint density at radius 2 is 1.79 bits per heavy atom. The molecule has 2 nitrogen and oxygen atoms in total. The molecule has 0 heterocycles. The van der Waals surface area contributed by atoms with E-state index in [0.29, 0.717) is 11.3 Å². The van der Waals surface area contributed by atoms with Crippen LogP contribution in [-0.4, -0.2) is 10.9 Å². The lowest BCUT2D eigenvalue weighted by molar-refractivity contribution is 0.195. The van der Waals surface area contributed by atoms with E-state index in [2.05, 4.69) is 25.9 Å². The zero-order valence-corrected chi connectivity index (χ0v) is 12.6. The summed E-state index contributed by atoms with van der Waals surface area (Å²) in [4.78, 5) is 0. The molecule has 0 radical (unpaired) electrons. The summed E-state index contributed by atoms with van der Waals surface area (Å²) in [5.74, 6) is 0.569. The van der Waals surface area contributed by atoms with Gasteiger partial charge in [-0.2, -0.15) is 0 Å². The maximum atomic E-state index is 9.40. The van der Waals surface area contributed by atoms with Crippen molar-refractivity contribution >= 4 is 5.71 Å². The van der Waals surface area contributed by atoms with Crippen LogP contribution >= 0.6 is 0 Å². The summed E-state index contributed by atoms with van der Waals surface area (Å²) in [6, 6.07) is 0. The summed E-state index contributed by atoms with van der Waals surface area (Å²) in [5, 5.41) is 13.1. The zero-order valence-electron chi connectivity index (χ0n) is 12.6. The summed E-state index contributed by atoms with van der Waals surface area (Å²) in [5.41, 5.74) is 5.07. The molecule has 19 heavy (non-hydrogen) atoms. The van der Waals surface area contributed by atoms with E-state index in [1.807, 2.05) is 0 Å². The molecule has 0 aromatic carbocycles. The summed E-state index contributed by atoms with van der Waals surface area (Å²) < 4.78 is 0. The van der Waals surface area contributed by atoms with Crippen LogP contribution in [-0.2, 0) is 0 Å². The molecule has 0 aromatic rings. The van der Waals surface area contributed by atoms with Crippen LogP contribution in [0, 0.1) is 16.7 Å². The predicted molar refractivity (Wildman–Crippen MR) is 78.6 cm³/mol. The Labute approximate surface area is 117 Å². The Morgan fingerprint density at radius 3 is 2.53 bits per heavy atom. The first-order valence-electron chi connectivity index (χ1n) is 7.95. The van der Waals surface area contributed by atoms with E-state index in [9.17, 15) is 5.21 Å². The molecule has 106 valence electrons. The van der Waals surface area contributed by atoms with Gasteiger partial charge in [-0.1, -0.05) is 37.1 Å². The van der Waals surface area contributed by atoms with Gasteiger partial charge in [-0.15, -0.1) is 0 Å². The number of allylic oxidation sites excluding steroid dienone is 2. The van der Waals surface area contributed by atoms with Gasteiger partial charge in [0.05, 0.1) is 5.71 Å². The van der Waals surface area contributed by atoms with Crippen molar-refractivity contribution in [3.05, 3.63) is 11.1 Å². The van der Waals surface area contributed by atoms with Crippen molar-refractivity contribution < 1.29 is 5.21 Å². The van der Waals surface area contributed by atoms with Crippen molar-refractivity contribution in [2.75, 3.05) is 0 Å². The van der Waals surface area contributed by atoms with Crippen LogP contribution in [0.4, 0.5) is 0 Å². The number of hydrogen-bond donors (Lipinski definition) is 1. The first-order chi connectivity index (χ1) is 9.01. The van der Waals surface area contributed by atoms with Gasteiger partial charge in [0.2, 0.25) is 0 Å². The largest absolute Gasteiger partial charge is 0.411 e. The van der Waals surface area contributed by atoms with E-state index < -0.39 is 0 Å². The van der Waals surface area contributed by atoms with E-state index in [1.165, 1.54) is 44.9 Å². The highest BCUT2D eigenvalue weighted by Crippen LogP contribution is 2.59. The maximum Gasteiger partial charge on any atom is 0.0638 e. The zero-order chi connectivity index (χ0) is 13.7. The summed E-state index contributed by atoms with van der Waals surface area (Å²) in [7, 11) is 0. The highest BCUT2D eigenvalue weighted by atomic mass is 16.4. The van der Waals surface area contributed by atoms with Crippen LogP contribution < -0.4 is 0 Å². The standard InChI is InChI=1S/C17H27NO/c1-12-15-13(6-4-9-16(15,2)3)8-11-17(12)10-5-7-14(17)18-19/h12,19H,4-11H2,1-3H3/b18-14+/t12-,17+/m1/s1.